The molecule has 0 unspecified atom stereocenters. The Balaban J connectivity index is 2.27. The molecule has 0 saturated heterocycles. The van der Waals surface area contributed by atoms with Crippen LogP contribution >= 0.6 is 11.8 Å². The fraction of sp³-hybridized carbons (Fsp3) is 0.235. The molecular formula is C17H20N2OS. The van der Waals surface area contributed by atoms with Gasteiger partial charge in [0.25, 0.3) is 0 Å². The molecule has 21 heavy (non-hydrogen) atoms. The van der Waals surface area contributed by atoms with Crippen LogP contribution in [0.5, 0.6) is 0 Å². The first-order valence-corrected chi connectivity index (χ1v) is 7.94. The molecule has 0 atom stereocenters. The predicted octanol–water partition coefficient (Wildman–Crippen LogP) is 4.09. The minimum absolute atomic E-state index is 0.130. The van der Waals surface area contributed by atoms with Crippen LogP contribution in [0.25, 0.3) is 11.1 Å². The van der Waals surface area contributed by atoms with Crippen molar-refractivity contribution < 1.29 is 5.21 Å². The molecule has 110 valence electrons. The quantitative estimate of drug-likeness (QED) is 0.378. The Morgan fingerprint density at radius 3 is 2.43 bits per heavy atom. The molecule has 0 fully saturated rings. The fourth-order valence-electron chi connectivity index (χ4n) is 2.06. The van der Waals surface area contributed by atoms with Gasteiger partial charge >= 0.3 is 0 Å². The third-order valence-corrected chi connectivity index (χ3v) is 4.33. The summed E-state index contributed by atoms with van der Waals surface area (Å²) in [5, 5.41) is 12.6. The smallest absolute Gasteiger partial charge is 0.170 e. The second-order valence-electron chi connectivity index (χ2n) is 5.09. The van der Waals surface area contributed by atoms with E-state index in [4.69, 9.17) is 10.9 Å². The van der Waals surface area contributed by atoms with Gasteiger partial charge in [-0.2, -0.15) is 11.8 Å². The molecule has 2 aromatic rings. The maximum absolute atomic E-state index is 8.89. The lowest BCUT2D eigenvalue weighted by Crippen LogP contribution is -2.14. The second kappa shape index (κ2) is 7.18. The molecular weight excluding hydrogens is 280 g/mol. The third kappa shape index (κ3) is 4.02. The molecule has 2 aromatic carbocycles. The number of oxime groups is 1. The lowest BCUT2D eigenvalue weighted by Gasteiger charge is -2.10. The molecule has 0 aliphatic carbocycles. The van der Waals surface area contributed by atoms with Gasteiger partial charge in [0.15, 0.2) is 5.84 Å². The van der Waals surface area contributed by atoms with Gasteiger partial charge in [0.1, 0.15) is 0 Å². The van der Waals surface area contributed by atoms with Crippen LogP contribution in [0.4, 0.5) is 0 Å². The summed E-state index contributed by atoms with van der Waals surface area (Å²) in [7, 11) is 0. The number of hydrogen-bond donors (Lipinski definition) is 2. The van der Waals surface area contributed by atoms with Gasteiger partial charge < -0.3 is 10.9 Å². The van der Waals surface area contributed by atoms with E-state index in [1.165, 1.54) is 5.56 Å². The first-order valence-electron chi connectivity index (χ1n) is 6.89. The molecule has 0 aliphatic heterocycles. The number of benzene rings is 2. The molecule has 4 heteroatoms. The lowest BCUT2D eigenvalue weighted by atomic mass is 9.98. The molecule has 3 nitrogen and oxygen atoms in total. The zero-order valence-electron chi connectivity index (χ0n) is 12.3. The van der Waals surface area contributed by atoms with Crippen LogP contribution in [-0.4, -0.2) is 16.3 Å². The molecule has 0 heterocycles. The summed E-state index contributed by atoms with van der Waals surface area (Å²) in [6.07, 6.45) is 0. The van der Waals surface area contributed by atoms with Crippen molar-refractivity contribution in [3.05, 3.63) is 59.7 Å². The van der Waals surface area contributed by atoms with Crippen LogP contribution in [0.2, 0.25) is 0 Å². The van der Waals surface area contributed by atoms with Crippen LogP contribution in [0.15, 0.2) is 53.7 Å². The van der Waals surface area contributed by atoms with E-state index >= 15 is 0 Å². The zero-order chi connectivity index (χ0) is 15.2. The normalized spacial score (nSPS) is 11.9. The van der Waals surface area contributed by atoms with Gasteiger partial charge in [0.2, 0.25) is 0 Å². The molecule has 0 radical (unpaired) electrons. The molecule has 0 aromatic heterocycles. The molecule has 0 aliphatic rings. The van der Waals surface area contributed by atoms with Crippen LogP contribution in [0.3, 0.4) is 0 Å². The Hall–Kier alpha value is -1.94. The molecule has 0 spiro atoms. The Bertz CT molecular complexity index is 621. The van der Waals surface area contributed by atoms with Crippen molar-refractivity contribution in [3.8, 4) is 11.1 Å². The van der Waals surface area contributed by atoms with Crippen molar-refractivity contribution in [3.63, 3.8) is 0 Å². The number of thioether (sulfide) groups is 1. The minimum Gasteiger partial charge on any atom is -0.409 e. The van der Waals surface area contributed by atoms with Gasteiger partial charge in [-0.3, -0.25) is 0 Å². The third-order valence-electron chi connectivity index (χ3n) is 3.16. The van der Waals surface area contributed by atoms with Gasteiger partial charge in [-0.05, 0) is 21.9 Å². The maximum Gasteiger partial charge on any atom is 0.170 e. The Morgan fingerprint density at radius 2 is 1.81 bits per heavy atom. The van der Waals surface area contributed by atoms with Crippen LogP contribution in [0, 0.1) is 0 Å². The number of rotatable bonds is 5. The average molecular weight is 300 g/mol. The summed E-state index contributed by atoms with van der Waals surface area (Å²) >= 11 is 1.93. The molecule has 2 rings (SSSR count). The predicted molar refractivity (Wildman–Crippen MR) is 90.8 cm³/mol. The zero-order valence-corrected chi connectivity index (χ0v) is 13.1. The largest absolute Gasteiger partial charge is 0.409 e. The number of hydrogen-bond acceptors (Lipinski definition) is 3. The highest BCUT2D eigenvalue weighted by Gasteiger charge is 2.08. The van der Waals surface area contributed by atoms with Gasteiger partial charge in [-0.1, -0.05) is 67.5 Å². The van der Waals surface area contributed by atoms with Gasteiger partial charge in [-0.25, -0.2) is 0 Å². The van der Waals surface area contributed by atoms with Crippen molar-refractivity contribution in [2.24, 2.45) is 10.9 Å². The SMILES string of the molecule is CC(C)SCc1ccc(-c2ccccc2/C(N)=N/O)cc1. The van der Waals surface area contributed by atoms with E-state index < -0.39 is 0 Å². The Morgan fingerprint density at radius 1 is 1.14 bits per heavy atom. The molecule has 0 saturated carbocycles. The van der Waals surface area contributed by atoms with Gasteiger partial charge in [-0.15, -0.1) is 0 Å². The summed E-state index contributed by atoms with van der Waals surface area (Å²) in [6, 6.07) is 16.1. The van der Waals surface area contributed by atoms with Crippen LogP contribution in [-0.2, 0) is 5.75 Å². The topological polar surface area (TPSA) is 58.6 Å². The fourth-order valence-corrected chi connectivity index (χ4v) is 2.77. The van der Waals surface area contributed by atoms with E-state index in [2.05, 4.69) is 43.3 Å². The van der Waals surface area contributed by atoms with E-state index in [9.17, 15) is 0 Å². The summed E-state index contributed by atoms with van der Waals surface area (Å²) in [5.74, 6) is 1.14. The molecule has 0 amide bonds. The first kappa shape index (κ1) is 15.4. The van der Waals surface area contributed by atoms with E-state index in [0.29, 0.717) is 5.25 Å². The van der Waals surface area contributed by atoms with Crippen molar-refractivity contribution in [2.45, 2.75) is 24.9 Å². The highest BCUT2D eigenvalue weighted by atomic mass is 32.2. The minimum atomic E-state index is 0.130. The van der Waals surface area contributed by atoms with Crippen molar-refractivity contribution in [1.29, 1.82) is 0 Å². The van der Waals surface area contributed by atoms with Crippen molar-refractivity contribution in [1.82, 2.24) is 0 Å². The van der Waals surface area contributed by atoms with Gasteiger partial charge in [0.05, 0.1) is 0 Å². The first-order chi connectivity index (χ1) is 10.1. The Kier molecular flexibility index (Phi) is 5.28. The summed E-state index contributed by atoms with van der Waals surface area (Å²) < 4.78 is 0. The maximum atomic E-state index is 8.89. The summed E-state index contributed by atoms with van der Waals surface area (Å²) in [6.45, 7) is 4.40. The monoisotopic (exact) mass is 300 g/mol. The lowest BCUT2D eigenvalue weighted by molar-refractivity contribution is 0.318. The van der Waals surface area contributed by atoms with E-state index in [0.717, 1.165) is 22.4 Å². The highest BCUT2D eigenvalue weighted by molar-refractivity contribution is 7.99. The van der Waals surface area contributed by atoms with E-state index in [-0.39, 0.29) is 5.84 Å². The highest BCUT2D eigenvalue weighted by Crippen LogP contribution is 2.25. The van der Waals surface area contributed by atoms with Crippen molar-refractivity contribution >= 4 is 17.6 Å². The Labute approximate surface area is 129 Å². The standard InChI is InChI=1S/C17H20N2OS/c1-12(2)21-11-13-7-9-14(10-8-13)15-5-3-4-6-16(15)17(18)19-20/h3-10,12,20H,11H2,1-2H3,(H2,18,19). The summed E-state index contributed by atoms with van der Waals surface area (Å²) in [5.41, 5.74) is 9.82. The molecule has 3 N–H and O–H groups in total. The van der Waals surface area contributed by atoms with Crippen LogP contribution in [0.1, 0.15) is 25.0 Å². The summed E-state index contributed by atoms with van der Waals surface area (Å²) in [4.78, 5) is 0. The number of amidine groups is 1. The van der Waals surface area contributed by atoms with Crippen LogP contribution < -0.4 is 5.73 Å². The van der Waals surface area contributed by atoms with E-state index in [1.54, 1.807) is 0 Å². The number of nitrogens with zero attached hydrogens (tertiary/aromatic N) is 1. The average Bonchev–Trinajstić information content (AvgIpc) is 2.52. The number of nitrogens with two attached hydrogens (primary N) is 1. The second-order valence-corrected chi connectivity index (χ2v) is 6.65. The molecule has 0 bridgehead atoms. The van der Waals surface area contributed by atoms with Gasteiger partial charge in [0, 0.05) is 11.3 Å². The van der Waals surface area contributed by atoms with Crippen molar-refractivity contribution in [2.75, 3.05) is 0 Å². The van der Waals surface area contributed by atoms with E-state index in [1.807, 2.05) is 36.0 Å².